The van der Waals surface area contributed by atoms with Crippen LogP contribution < -0.4 is 5.32 Å². The minimum Gasteiger partial charge on any atom is -0.314 e. The maximum absolute atomic E-state index is 13.9. The van der Waals surface area contributed by atoms with Crippen molar-refractivity contribution in [2.24, 2.45) is 0 Å². The van der Waals surface area contributed by atoms with Crippen molar-refractivity contribution >= 4 is 11.3 Å². The van der Waals surface area contributed by atoms with Gasteiger partial charge in [0.05, 0.1) is 11.2 Å². The van der Waals surface area contributed by atoms with Crippen molar-refractivity contribution in [2.45, 2.75) is 19.4 Å². The van der Waals surface area contributed by atoms with Crippen LogP contribution in [0.25, 0.3) is 11.3 Å². The number of halogens is 1. The summed E-state index contributed by atoms with van der Waals surface area (Å²) in [6.45, 7) is 8.44. The highest BCUT2D eigenvalue weighted by Crippen LogP contribution is 2.33. The first kappa shape index (κ1) is 14.6. The fourth-order valence-electron chi connectivity index (χ4n) is 2.71. The van der Waals surface area contributed by atoms with Crippen molar-refractivity contribution in [2.75, 3.05) is 26.2 Å². The second-order valence-corrected chi connectivity index (χ2v) is 6.67. The van der Waals surface area contributed by atoms with Gasteiger partial charge in [-0.3, -0.25) is 4.90 Å². The molecule has 2 heterocycles. The summed E-state index contributed by atoms with van der Waals surface area (Å²) >= 11 is 1.61. The highest BCUT2D eigenvalue weighted by Gasteiger charge is 2.32. The number of aromatic nitrogens is 1. The maximum Gasteiger partial charge on any atom is 0.132 e. The lowest BCUT2D eigenvalue weighted by atomic mass is 10.0. The van der Waals surface area contributed by atoms with E-state index in [1.165, 1.54) is 6.07 Å². The molecule has 21 heavy (non-hydrogen) atoms. The topological polar surface area (TPSA) is 28.2 Å². The lowest BCUT2D eigenvalue weighted by Gasteiger charge is -2.39. The number of hydrogen-bond acceptors (Lipinski definition) is 4. The van der Waals surface area contributed by atoms with E-state index < -0.39 is 0 Å². The molecule has 0 atom stereocenters. The number of benzene rings is 1. The van der Waals surface area contributed by atoms with Crippen molar-refractivity contribution in [3.63, 3.8) is 0 Å². The summed E-state index contributed by atoms with van der Waals surface area (Å²) in [6.07, 6.45) is 0. The number of nitrogens with zero attached hydrogens (tertiary/aromatic N) is 2. The predicted molar refractivity (Wildman–Crippen MR) is 85.0 cm³/mol. The number of rotatable bonds is 3. The van der Waals surface area contributed by atoms with Crippen LogP contribution in [0.3, 0.4) is 0 Å². The first-order valence-corrected chi connectivity index (χ1v) is 8.13. The third kappa shape index (κ3) is 2.86. The van der Waals surface area contributed by atoms with Crippen LogP contribution in [0.5, 0.6) is 0 Å². The van der Waals surface area contributed by atoms with E-state index in [-0.39, 0.29) is 11.4 Å². The van der Waals surface area contributed by atoms with Gasteiger partial charge in [0.15, 0.2) is 0 Å². The van der Waals surface area contributed by atoms with E-state index in [4.69, 9.17) is 4.98 Å². The molecule has 5 heteroatoms. The zero-order chi connectivity index (χ0) is 14.9. The summed E-state index contributed by atoms with van der Waals surface area (Å²) < 4.78 is 13.9. The Kier molecular flexibility index (Phi) is 4.06. The van der Waals surface area contributed by atoms with Crippen molar-refractivity contribution in [3.8, 4) is 11.3 Å². The zero-order valence-corrected chi connectivity index (χ0v) is 13.2. The van der Waals surface area contributed by atoms with E-state index in [1.807, 2.05) is 11.4 Å². The molecule has 2 aromatic rings. The van der Waals surface area contributed by atoms with Crippen LogP contribution in [0.4, 0.5) is 4.39 Å². The SMILES string of the molecule is CC(C)(c1nc(-c2ccccc2F)cs1)N1CCNCC1. The zero-order valence-electron chi connectivity index (χ0n) is 12.4. The molecule has 0 unspecified atom stereocenters. The summed E-state index contributed by atoms with van der Waals surface area (Å²) in [5.41, 5.74) is 1.20. The minimum atomic E-state index is -0.214. The van der Waals surface area contributed by atoms with Crippen LogP contribution in [0.15, 0.2) is 29.6 Å². The standard InChI is InChI=1S/C16H20FN3S/c1-16(2,20-9-7-18-8-10-20)15-19-14(11-21-15)12-5-3-4-6-13(12)17/h3-6,11,18H,7-10H2,1-2H3. The van der Waals surface area contributed by atoms with E-state index >= 15 is 0 Å². The summed E-state index contributed by atoms with van der Waals surface area (Å²) in [4.78, 5) is 7.14. The molecule has 0 spiro atoms. The molecular weight excluding hydrogens is 285 g/mol. The Labute approximate surface area is 128 Å². The molecule has 3 nitrogen and oxygen atoms in total. The van der Waals surface area contributed by atoms with Crippen LogP contribution in [-0.4, -0.2) is 36.1 Å². The van der Waals surface area contributed by atoms with Gasteiger partial charge in [0.1, 0.15) is 10.8 Å². The Bertz CT molecular complexity index is 617. The van der Waals surface area contributed by atoms with Gasteiger partial charge in [-0.25, -0.2) is 9.37 Å². The molecule has 1 aliphatic rings. The fraction of sp³-hybridized carbons (Fsp3) is 0.438. The molecule has 0 bridgehead atoms. The van der Waals surface area contributed by atoms with E-state index in [1.54, 1.807) is 23.5 Å². The normalized spacial score (nSPS) is 17.1. The van der Waals surface area contributed by atoms with Gasteiger partial charge in [0.2, 0.25) is 0 Å². The molecular formula is C16H20FN3S. The van der Waals surface area contributed by atoms with Crippen LogP contribution in [0, 0.1) is 5.82 Å². The molecule has 0 aliphatic carbocycles. The third-order valence-corrected chi connectivity index (χ3v) is 5.24. The summed E-state index contributed by atoms with van der Waals surface area (Å²) in [7, 11) is 0. The molecule has 1 aromatic heterocycles. The minimum absolute atomic E-state index is 0.115. The van der Waals surface area contributed by atoms with E-state index in [2.05, 4.69) is 24.1 Å². The smallest absolute Gasteiger partial charge is 0.132 e. The highest BCUT2D eigenvalue weighted by molar-refractivity contribution is 7.10. The maximum atomic E-state index is 13.9. The fourth-order valence-corrected chi connectivity index (χ4v) is 3.68. The van der Waals surface area contributed by atoms with Crippen LogP contribution >= 0.6 is 11.3 Å². The molecule has 1 aromatic carbocycles. The van der Waals surface area contributed by atoms with Crippen LogP contribution in [-0.2, 0) is 5.54 Å². The lowest BCUT2D eigenvalue weighted by Crippen LogP contribution is -2.51. The Balaban J connectivity index is 1.89. The lowest BCUT2D eigenvalue weighted by molar-refractivity contribution is 0.102. The molecule has 112 valence electrons. The number of piperazine rings is 1. The number of hydrogen-bond donors (Lipinski definition) is 1. The summed E-state index contributed by atoms with van der Waals surface area (Å²) in [6, 6.07) is 6.82. The molecule has 3 rings (SSSR count). The Hall–Kier alpha value is -1.30. The van der Waals surface area contributed by atoms with Crippen molar-refractivity contribution in [3.05, 3.63) is 40.5 Å². The first-order valence-electron chi connectivity index (χ1n) is 7.26. The Morgan fingerprint density at radius 1 is 1.24 bits per heavy atom. The summed E-state index contributed by atoms with van der Waals surface area (Å²) in [5.74, 6) is -0.214. The average molecular weight is 305 g/mol. The van der Waals surface area contributed by atoms with Gasteiger partial charge < -0.3 is 5.32 Å². The molecule has 1 saturated heterocycles. The van der Waals surface area contributed by atoms with Gasteiger partial charge in [-0.1, -0.05) is 12.1 Å². The van der Waals surface area contributed by atoms with Gasteiger partial charge >= 0.3 is 0 Å². The van der Waals surface area contributed by atoms with Gasteiger partial charge in [-0.2, -0.15) is 0 Å². The molecule has 0 radical (unpaired) electrons. The molecule has 0 amide bonds. The quantitative estimate of drug-likeness (QED) is 0.944. The van der Waals surface area contributed by atoms with Gasteiger partial charge in [0, 0.05) is 37.1 Å². The van der Waals surface area contributed by atoms with E-state index in [0.717, 1.165) is 36.9 Å². The van der Waals surface area contributed by atoms with Crippen molar-refractivity contribution < 1.29 is 4.39 Å². The second kappa shape index (κ2) is 5.83. The van der Waals surface area contributed by atoms with Crippen molar-refractivity contribution in [1.82, 2.24) is 15.2 Å². The van der Waals surface area contributed by atoms with E-state index in [0.29, 0.717) is 5.56 Å². The monoisotopic (exact) mass is 305 g/mol. The first-order chi connectivity index (χ1) is 10.1. The van der Waals surface area contributed by atoms with Gasteiger partial charge in [-0.15, -0.1) is 11.3 Å². The molecule has 0 saturated carbocycles. The predicted octanol–water partition coefficient (Wildman–Crippen LogP) is 3.09. The number of thiazole rings is 1. The Morgan fingerprint density at radius 2 is 1.95 bits per heavy atom. The Morgan fingerprint density at radius 3 is 2.67 bits per heavy atom. The van der Waals surface area contributed by atoms with Gasteiger partial charge in [0.25, 0.3) is 0 Å². The highest BCUT2D eigenvalue weighted by atomic mass is 32.1. The third-order valence-electron chi connectivity index (χ3n) is 4.08. The molecule has 1 N–H and O–H groups in total. The van der Waals surface area contributed by atoms with Crippen LogP contribution in [0.1, 0.15) is 18.9 Å². The average Bonchev–Trinajstić information content (AvgIpc) is 2.99. The van der Waals surface area contributed by atoms with Crippen LogP contribution in [0.2, 0.25) is 0 Å². The largest absolute Gasteiger partial charge is 0.314 e. The number of nitrogens with one attached hydrogen (secondary N) is 1. The molecule has 1 aliphatic heterocycles. The molecule has 1 fully saturated rings. The van der Waals surface area contributed by atoms with Crippen molar-refractivity contribution in [1.29, 1.82) is 0 Å². The summed E-state index contributed by atoms with van der Waals surface area (Å²) in [5, 5.41) is 6.37. The van der Waals surface area contributed by atoms with Gasteiger partial charge in [-0.05, 0) is 26.0 Å². The van der Waals surface area contributed by atoms with E-state index in [9.17, 15) is 4.39 Å². The second-order valence-electron chi connectivity index (χ2n) is 5.81.